The van der Waals surface area contributed by atoms with E-state index in [0.29, 0.717) is 11.6 Å². The number of rotatable bonds is 2. The Balaban J connectivity index is 1.54. The van der Waals surface area contributed by atoms with Gasteiger partial charge in [0.05, 0.1) is 9.90 Å². The van der Waals surface area contributed by atoms with Crippen LogP contribution in [0.2, 0.25) is 5.02 Å². The molecule has 4 rings (SSSR count). The van der Waals surface area contributed by atoms with E-state index in [0.717, 1.165) is 42.5 Å². The molecule has 0 unspecified atom stereocenters. The van der Waals surface area contributed by atoms with Crippen molar-refractivity contribution in [3.8, 4) is 0 Å². The molecule has 8 heteroatoms. The zero-order chi connectivity index (χ0) is 16.5. The fraction of sp³-hybridized carbons (Fsp3) is 0.312. The monoisotopic (exact) mass is 361 g/mol. The highest BCUT2D eigenvalue weighted by Crippen LogP contribution is 2.20. The second-order valence-electron chi connectivity index (χ2n) is 5.69. The molecule has 1 fully saturated rings. The van der Waals surface area contributed by atoms with E-state index in [2.05, 4.69) is 15.1 Å². The van der Waals surface area contributed by atoms with E-state index in [9.17, 15) is 4.79 Å². The van der Waals surface area contributed by atoms with Gasteiger partial charge in [-0.3, -0.25) is 9.20 Å². The zero-order valence-corrected chi connectivity index (χ0v) is 14.5. The summed E-state index contributed by atoms with van der Waals surface area (Å²) in [5.41, 5.74) is 0.769. The Hall–Kier alpha value is -2.12. The number of nitrogens with zero attached hydrogens (tertiary/aromatic N) is 5. The van der Waals surface area contributed by atoms with Crippen molar-refractivity contribution < 1.29 is 4.79 Å². The maximum Gasteiger partial charge on any atom is 0.263 e. The Morgan fingerprint density at radius 3 is 2.88 bits per heavy atom. The van der Waals surface area contributed by atoms with Crippen molar-refractivity contribution >= 4 is 40.4 Å². The van der Waals surface area contributed by atoms with Crippen LogP contribution in [0.15, 0.2) is 35.8 Å². The lowest BCUT2D eigenvalue weighted by Gasteiger charge is -2.21. The average molecular weight is 362 g/mol. The SMILES string of the molecule is O=C(c1cccs1)N1CCCN(c2nnc3ccc(Cl)cn23)CC1. The molecule has 0 aliphatic carbocycles. The van der Waals surface area contributed by atoms with Gasteiger partial charge in [-0.25, -0.2) is 0 Å². The number of pyridine rings is 1. The van der Waals surface area contributed by atoms with E-state index in [1.807, 2.05) is 39.1 Å². The fourth-order valence-electron chi connectivity index (χ4n) is 2.95. The van der Waals surface area contributed by atoms with Crippen molar-refractivity contribution in [2.75, 3.05) is 31.1 Å². The van der Waals surface area contributed by atoms with Crippen molar-refractivity contribution in [3.05, 3.63) is 45.7 Å². The van der Waals surface area contributed by atoms with E-state index in [4.69, 9.17) is 11.6 Å². The molecule has 24 heavy (non-hydrogen) atoms. The number of amides is 1. The molecule has 3 aromatic rings. The lowest BCUT2D eigenvalue weighted by Crippen LogP contribution is -2.35. The molecule has 124 valence electrons. The number of carbonyl (C=O) groups is 1. The Bertz CT molecular complexity index is 863. The van der Waals surface area contributed by atoms with E-state index < -0.39 is 0 Å². The topological polar surface area (TPSA) is 53.7 Å². The van der Waals surface area contributed by atoms with Crippen LogP contribution in [0.25, 0.3) is 5.65 Å². The number of hydrogen-bond acceptors (Lipinski definition) is 5. The van der Waals surface area contributed by atoms with Crippen molar-refractivity contribution in [1.29, 1.82) is 0 Å². The minimum Gasteiger partial charge on any atom is -0.339 e. The van der Waals surface area contributed by atoms with Crippen LogP contribution >= 0.6 is 22.9 Å². The molecular formula is C16H16ClN5OS. The minimum absolute atomic E-state index is 0.112. The first kappa shape index (κ1) is 15.4. The minimum atomic E-state index is 0.112. The summed E-state index contributed by atoms with van der Waals surface area (Å²) in [5, 5.41) is 11.1. The van der Waals surface area contributed by atoms with Crippen LogP contribution in [0.4, 0.5) is 5.95 Å². The van der Waals surface area contributed by atoms with E-state index in [-0.39, 0.29) is 5.91 Å². The highest BCUT2D eigenvalue weighted by molar-refractivity contribution is 7.12. The van der Waals surface area contributed by atoms with Crippen molar-refractivity contribution in [3.63, 3.8) is 0 Å². The third kappa shape index (κ3) is 2.85. The molecule has 0 aromatic carbocycles. The lowest BCUT2D eigenvalue weighted by molar-refractivity contribution is 0.0772. The molecule has 0 spiro atoms. The number of thiophene rings is 1. The van der Waals surface area contributed by atoms with Crippen molar-refractivity contribution in [2.45, 2.75) is 6.42 Å². The van der Waals surface area contributed by atoms with Crippen LogP contribution in [0.1, 0.15) is 16.1 Å². The number of halogens is 1. The smallest absolute Gasteiger partial charge is 0.263 e. The summed E-state index contributed by atoms with van der Waals surface area (Å²) in [5.74, 6) is 0.888. The van der Waals surface area contributed by atoms with Gasteiger partial charge in [0.1, 0.15) is 0 Å². The molecule has 0 N–H and O–H groups in total. The Morgan fingerprint density at radius 1 is 1.12 bits per heavy atom. The lowest BCUT2D eigenvalue weighted by atomic mass is 10.3. The summed E-state index contributed by atoms with van der Waals surface area (Å²) in [6.07, 6.45) is 2.72. The number of carbonyl (C=O) groups excluding carboxylic acids is 1. The van der Waals surface area contributed by atoms with Gasteiger partial charge in [-0.1, -0.05) is 17.7 Å². The van der Waals surface area contributed by atoms with Crippen LogP contribution in [0.5, 0.6) is 0 Å². The number of aromatic nitrogens is 3. The predicted octanol–water partition coefficient (Wildman–Crippen LogP) is 2.80. The molecule has 1 aliphatic rings. The van der Waals surface area contributed by atoms with Gasteiger partial charge in [0.15, 0.2) is 5.65 Å². The van der Waals surface area contributed by atoms with Gasteiger partial charge in [-0.05, 0) is 30.0 Å². The molecule has 0 radical (unpaired) electrons. The summed E-state index contributed by atoms with van der Waals surface area (Å²) in [7, 11) is 0. The second-order valence-corrected chi connectivity index (χ2v) is 7.07. The first-order chi connectivity index (χ1) is 11.7. The molecule has 1 saturated heterocycles. The van der Waals surface area contributed by atoms with Crippen LogP contribution in [-0.4, -0.2) is 51.6 Å². The predicted molar refractivity (Wildman–Crippen MR) is 95.0 cm³/mol. The summed E-state index contributed by atoms with van der Waals surface area (Å²) in [6, 6.07) is 7.44. The summed E-state index contributed by atoms with van der Waals surface area (Å²) >= 11 is 7.58. The molecule has 0 bridgehead atoms. The molecule has 3 aromatic heterocycles. The van der Waals surface area contributed by atoms with Gasteiger partial charge in [-0.15, -0.1) is 21.5 Å². The molecule has 6 nitrogen and oxygen atoms in total. The van der Waals surface area contributed by atoms with Gasteiger partial charge in [0, 0.05) is 32.4 Å². The average Bonchev–Trinajstić information content (AvgIpc) is 3.19. The number of anilines is 1. The van der Waals surface area contributed by atoms with E-state index in [1.165, 1.54) is 11.3 Å². The highest BCUT2D eigenvalue weighted by atomic mass is 35.5. The molecule has 4 heterocycles. The van der Waals surface area contributed by atoms with Gasteiger partial charge >= 0.3 is 0 Å². The number of fused-ring (bicyclic) bond motifs is 1. The Morgan fingerprint density at radius 2 is 2.04 bits per heavy atom. The Kier molecular flexibility index (Phi) is 4.12. The van der Waals surface area contributed by atoms with Crippen LogP contribution < -0.4 is 4.90 Å². The number of hydrogen-bond donors (Lipinski definition) is 0. The first-order valence-corrected chi connectivity index (χ1v) is 9.06. The molecule has 0 saturated carbocycles. The highest BCUT2D eigenvalue weighted by Gasteiger charge is 2.23. The summed E-state index contributed by atoms with van der Waals surface area (Å²) < 4.78 is 1.90. The largest absolute Gasteiger partial charge is 0.339 e. The normalized spacial score (nSPS) is 15.7. The maximum absolute atomic E-state index is 12.5. The van der Waals surface area contributed by atoms with Gasteiger partial charge in [0.2, 0.25) is 5.95 Å². The van der Waals surface area contributed by atoms with Gasteiger partial charge in [0.25, 0.3) is 5.91 Å². The molecular weight excluding hydrogens is 346 g/mol. The molecule has 1 amide bonds. The van der Waals surface area contributed by atoms with E-state index >= 15 is 0 Å². The van der Waals surface area contributed by atoms with Crippen LogP contribution in [0, 0.1) is 0 Å². The zero-order valence-electron chi connectivity index (χ0n) is 12.9. The van der Waals surface area contributed by atoms with Gasteiger partial charge in [-0.2, -0.15) is 0 Å². The third-order valence-electron chi connectivity index (χ3n) is 4.15. The second kappa shape index (κ2) is 6.41. The summed E-state index contributed by atoms with van der Waals surface area (Å²) in [6.45, 7) is 2.99. The molecule has 1 aliphatic heterocycles. The standard InChI is InChI=1S/C16H16ClN5OS/c17-12-4-5-14-18-19-16(22(14)11-12)21-7-2-6-20(8-9-21)15(23)13-3-1-10-24-13/h1,3-5,10-11H,2,6-9H2. The third-order valence-corrected chi connectivity index (χ3v) is 5.23. The fourth-order valence-corrected chi connectivity index (χ4v) is 3.80. The quantitative estimate of drug-likeness (QED) is 0.704. The van der Waals surface area contributed by atoms with Crippen molar-refractivity contribution in [1.82, 2.24) is 19.5 Å². The molecule has 0 atom stereocenters. The van der Waals surface area contributed by atoms with Gasteiger partial charge < -0.3 is 9.80 Å². The maximum atomic E-state index is 12.5. The van der Waals surface area contributed by atoms with Crippen LogP contribution in [0.3, 0.4) is 0 Å². The van der Waals surface area contributed by atoms with E-state index in [1.54, 1.807) is 6.07 Å². The van der Waals surface area contributed by atoms with Crippen molar-refractivity contribution in [2.24, 2.45) is 0 Å². The van der Waals surface area contributed by atoms with Crippen LogP contribution in [-0.2, 0) is 0 Å². The first-order valence-electron chi connectivity index (χ1n) is 7.80. The Labute approximate surface area is 148 Å². The summed E-state index contributed by atoms with van der Waals surface area (Å²) in [4.78, 5) is 17.4.